The quantitative estimate of drug-likeness (QED) is 0.754. The van der Waals surface area contributed by atoms with Crippen LogP contribution in [0.3, 0.4) is 0 Å². The minimum Gasteiger partial charge on any atom is -0.352 e. The third kappa shape index (κ3) is 5.65. The van der Waals surface area contributed by atoms with Crippen molar-refractivity contribution >= 4 is 35.7 Å². The summed E-state index contributed by atoms with van der Waals surface area (Å²) in [4.78, 5) is 23.7. The lowest BCUT2D eigenvalue weighted by atomic mass is 10.1. The van der Waals surface area contributed by atoms with Gasteiger partial charge in [-0.3, -0.25) is 9.59 Å². The van der Waals surface area contributed by atoms with E-state index in [-0.39, 0.29) is 43.0 Å². The highest BCUT2D eigenvalue weighted by atomic mass is 35.5. The van der Waals surface area contributed by atoms with Gasteiger partial charge in [-0.25, -0.2) is 0 Å². The number of rotatable bonds is 7. The molecule has 1 fully saturated rings. The fourth-order valence-corrected chi connectivity index (χ4v) is 2.28. The first kappa shape index (κ1) is 18.0. The smallest absolute Gasteiger partial charge is 0.220 e. The summed E-state index contributed by atoms with van der Waals surface area (Å²) in [5.74, 6) is 0.373. The molecule has 4 nitrogen and oxygen atoms in total. The number of nitrogens with two attached hydrogens (primary N) is 1. The Morgan fingerprint density at radius 1 is 1.24 bits per heavy atom. The first-order valence-corrected chi connectivity index (χ1v) is 7.26. The number of nitrogens with one attached hydrogen (secondary N) is 1. The Bertz CT molecular complexity index is 487. The number of amides is 1. The Morgan fingerprint density at radius 3 is 2.38 bits per heavy atom. The van der Waals surface area contributed by atoms with Crippen LogP contribution in [-0.2, 0) is 4.79 Å². The first-order valence-electron chi connectivity index (χ1n) is 6.88. The Kier molecular flexibility index (Phi) is 7.15. The summed E-state index contributed by atoms with van der Waals surface area (Å²) in [5.41, 5.74) is 6.21. The maximum Gasteiger partial charge on any atom is 0.220 e. The second kappa shape index (κ2) is 8.37. The maximum atomic E-state index is 11.9. The van der Waals surface area contributed by atoms with Crippen LogP contribution in [0.25, 0.3) is 0 Å². The van der Waals surface area contributed by atoms with Crippen molar-refractivity contribution in [1.29, 1.82) is 0 Å². The zero-order chi connectivity index (χ0) is 14.5. The Hall–Kier alpha value is -1.10. The Morgan fingerprint density at radius 2 is 1.86 bits per heavy atom. The van der Waals surface area contributed by atoms with Gasteiger partial charge in [-0.15, -0.1) is 12.4 Å². The third-order valence-electron chi connectivity index (χ3n) is 3.54. The number of carbonyl (C=O) groups is 2. The van der Waals surface area contributed by atoms with Crippen molar-refractivity contribution in [2.24, 2.45) is 11.7 Å². The molecular formula is C15H20Cl2N2O2. The van der Waals surface area contributed by atoms with E-state index in [9.17, 15) is 9.59 Å². The molecule has 1 aromatic carbocycles. The average Bonchev–Trinajstić information content (AvgIpc) is 3.27. The fraction of sp³-hybridized carbons (Fsp3) is 0.467. The summed E-state index contributed by atoms with van der Waals surface area (Å²) in [6.07, 6.45) is 2.66. The molecule has 6 heteroatoms. The average molecular weight is 331 g/mol. The van der Waals surface area contributed by atoms with Crippen LogP contribution in [0, 0.1) is 5.92 Å². The molecular weight excluding hydrogens is 311 g/mol. The van der Waals surface area contributed by atoms with E-state index < -0.39 is 0 Å². The zero-order valence-electron chi connectivity index (χ0n) is 11.7. The van der Waals surface area contributed by atoms with Gasteiger partial charge in [0.25, 0.3) is 0 Å². The molecule has 1 aromatic rings. The molecule has 3 N–H and O–H groups in total. The summed E-state index contributed by atoms with van der Waals surface area (Å²) >= 11 is 5.77. The number of halogens is 2. The van der Waals surface area contributed by atoms with E-state index >= 15 is 0 Å². The summed E-state index contributed by atoms with van der Waals surface area (Å²) in [6.45, 7) is 0.460. The largest absolute Gasteiger partial charge is 0.352 e. The van der Waals surface area contributed by atoms with E-state index in [1.165, 1.54) is 0 Å². The number of carbonyl (C=O) groups excluding carboxylic acids is 2. The molecule has 0 saturated heterocycles. The van der Waals surface area contributed by atoms with E-state index in [0.717, 1.165) is 12.8 Å². The second-order valence-corrected chi connectivity index (χ2v) is 5.61. The van der Waals surface area contributed by atoms with Gasteiger partial charge in [0.05, 0.1) is 0 Å². The predicted molar refractivity (Wildman–Crippen MR) is 86.0 cm³/mol. The lowest BCUT2D eigenvalue weighted by molar-refractivity contribution is -0.121. The number of Topliss-reactive ketones (excluding diaryl/α,β-unsaturated/α-hetero) is 1. The van der Waals surface area contributed by atoms with Gasteiger partial charge in [-0.1, -0.05) is 11.6 Å². The van der Waals surface area contributed by atoms with Crippen LogP contribution in [0.1, 0.15) is 36.0 Å². The molecule has 1 aliphatic carbocycles. The number of hydrogen-bond donors (Lipinski definition) is 2. The van der Waals surface area contributed by atoms with Gasteiger partial charge < -0.3 is 11.1 Å². The normalized spacial score (nSPS) is 15.0. The van der Waals surface area contributed by atoms with Gasteiger partial charge in [0.1, 0.15) is 0 Å². The molecule has 1 aliphatic rings. The lowest BCUT2D eigenvalue weighted by Crippen LogP contribution is -2.41. The molecule has 1 atom stereocenters. The van der Waals surface area contributed by atoms with Crippen LogP contribution in [0.4, 0.5) is 0 Å². The molecule has 0 heterocycles. The van der Waals surface area contributed by atoms with Crippen molar-refractivity contribution in [1.82, 2.24) is 5.32 Å². The van der Waals surface area contributed by atoms with Crippen molar-refractivity contribution in [3.63, 3.8) is 0 Å². The van der Waals surface area contributed by atoms with Crippen LogP contribution in [0.15, 0.2) is 24.3 Å². The molecule has 0 aliphatic heterocycles. The van der Waals surface area contributed by atoms with Gasteiger partial charge in [-0.2, -0.15) is 0 Å². The molecule has 0 aromatic heterocycles. The van der Waals surface area contributed by atoms with Crippen molar-refractivity contribution < 1.29 is 9.59 Å². The maximum absolute atomic E-state index is 11.9. The summed E-state index contributed by atoms with van der Waals surface area (Å²) < 4.78 is 0. The summed E-state index contributed by atoms with van der Waals surface area (Å²) in [7, 11) is 0. The number of hydrogen-bond acceptors (Lipinski definition) is 3. The van der Waals surface area contributed by atoms with Crippen LogP contribution in [-0.4, -0.2) is 24.3 Å². The van der Waals surface area contributed by atoms with E-state index in [2.05, 4.69) is 5.32 Å². The Labute approximate surface area is 135 Å². The van der Waals surface area contributed by atoms with Gasteiger partial charge >= 0.3 is 0 Å². The highest BCUT2D eigenvalue weighted by Gasteiger charge is 2.31. The van der Waals surface area contributed by atoms with E-state index in [1.807, 2.05) is 0 Å². The summed E-state index contributed by atoms with van der Waals surface area (Å²) in [5, 5.41) is 3.50. The molecule has 1 unspecified atom stereocenters. The molecule has 21 heavy (non-hydrogen) atoms. The minimum absolute atomic E-state index is 0. The first-order chi connectivity index (χ1) is 9.60. The predicted octanol–water partition coefficient (Wildman–Crippen LogP) is 2.58. The highest BCUT2D eigenvalue weighted by molar-refractivity contribution is 6.30. The molecule has 2 rings (SSSR count). The van der Waals surface area contributed by atoms with Gasteiger partial charge in [0, 0.05) is 36.0 Å². The van der Waals surface area contributed by atoms with Crippen molar-refractivity contribution in [3.05, 3.63) is 34.9 Å². The lowest BCUT2D eigenvalue weighted by Gasteiger charge is -2.15. The molecule has 0 spiro atoms. The van der Waals surface area contributed by atoms with Crippen LogP contribution < -0.4 is 11.1 Å². The van der Waals surface area contributed by atoms with Crippen molar-refractivity contribution in [2.75, 3.05) is 6.54 Å². The molecule has 1 amide bonds. The van der Waals surface area contributed by atoms with Gasteiger partial charge in [-0.05, 0) is 43.0 Å². The van der Waals surface area contributed by atoms with E-state index in [4.69, 9.17) is 17.3 Å². The molecule has 0 bridgehead atoms. The summed E-state index contributed by atoms with van der Waals surface area (Å²) in [6, 6.07) is 6.76. The second-order valence-electron chi connectivity index (χ2n) is 5.18. The van der Waals surface area contributed by atoms with Crippen molar-refractivity contribution in [2.45, 2.75) is 31.7 Å². The number of benzene rings is 1. The third-order valence-corrected chi connectivity index (χ3v) is 3.79. The SMILES string of the molecule is Cl.NCC(NC(=O)CCC(=O)c1ccc(Cl)cc1)C1CC1. The minimum atomic E-state index is -0.102. The molecule has 0 radical (unpaired) electrons. The van der Waals surface area contributed by atoms with Gasteiger partial charge in [0.2, 0.25) is 5.91 Å². The topological polar surface area (TPSA) is 72.2 Å². The van der Waals surface area contributed by atoms with Crippen LogP contribution in [0.5, 0.6) is 0 Å². The zero-order valence-corrected chi connectivity index (χ0v) is 13.3. The highest BCUT2D eigenvalue weighted by Crippen LogP contribution is 2.32. The molecule has 1 saturated carbocycles. The van der Waals surface area contributed by atoms with E-state index in [1.54, 1.807) is 24.3 Å². The monoisotopic (exact) mass is 330 g/mol. The van der Waals surface area contributed by atoms with Crippen molar-refractivity contribution in [3.8, 4) is 0 Å². The van der Waals surface area contributed by atoms with Crippen LogP contribution in [0.2, 0.25) is 5.02 Å². The molecule has 116 valence electrons. The fourth-order valence-electron chi connectivity index (χ4n) is 2.15. The van der Waals surface area contributed by atoms with Crippen LogP contribution >= 0.6 is 24.0 Å². The van der Waals surface area contributed by atoms with E-state index in [0.29, 0.717) is 23.0 Å². The standard InChI is InChI=1S/C15H19ClN2O2.ClH/c16-12-5-3-11(4-6-12)14(19)7-8-15(20)18-13(9-17)10-1-2-10;/h3-6,10,13H,1-2,7-9,17H2,(H,18,20);1H. The number of ketones is 1. The Balaban J connectivity index is 0.00000220. The van der Waals surface area contributed by atoms with Gasteiger partial charge in [0.15, 0.2) is 5.78 Å².